The Morgan fingerprint density at radius 3 is 1.43 bits per heavy atom. The van der Waals surface area contributed by atoms with E-state index in [4.69, 9.17) is 0 Å². The summed E-state index contributed by atoms with van der Waals surface area (Å²) in [5.74, 6) is -0.965. The molecule has 3 heteroatoms. The van der Waals surface area contributed by atoms with Gasteiger partial charge in [0.15, 0.2) is 0 Å². The fourth-order valence-electron chi connectivity index (χ4n) is 4.15. The maximum absolute atomic E-state index is 14.7. The van der Waals surface area contributed by atoms with Crippen LogP contribution in [0.5, 0.6) is 0 Å². The fourth-order valence-corrected chi connectivity index (χ4v) is 4.15. The number of rotatable bonds is 22. The Hall–Kier alpha value is -0.860. The van der Waals surface area contributed by atoms with Gasteiger partial charge in [0.05, 0.1) is 0 Å². The maximum atomic E-state index is 14.7. The van der Waals surface area contributed by atoms with Crippen LogP contribution in [0.15, 0.2) is 11.1 Å². The maximum Gasteiger partial charge on any atom is 0.331 e. The summed E-state index contributed by atoms with van der Waals surface area (Å²) in [4.78, 5) is 11.4. The fraction of sp³-hybridized carbons (Fsp3) is 0.889. The van der Waals surface area contributed by atoms with Crippen molar-refractivity contribution in [1.82, 2.24) is 0 Å². The van der Waals surface area contributed by atoms with Gasteiger partial charge in [0, 0.05) is 5.57 Å². The van der Waals surface area contributed by atoms with Crippen molar-refractivity contribution >= 4 is 5.97 Å². The predicted molar refractivity (Wildman–Crippen MR) is 129 cm³/mol. The summed E-state index contributed by atoms with van der Waals surface area (Å²) in [6.45, 7) is 6.00. The SMILES string of the molecule is CCCCCCCCCCCCCCC/C(=C(\C)C(=O)O)C(F)CCCCCCC. The number of unbranched alkanes of at least 4 members (excludes halogenated alkanes) is 16. The molecule has 178 valence electrons. The lowest BCUT2D eigenvalue weighted by Gasteiger charge is -2.15. The second-order valence-corrected chi connectivity index (χ2v) is 9.12. The van der Waals surface area contributed by atoms with Crippen molar-refractivity contribution in [2.45, 2.75) is 155 Å². The van der Waals surface area contributed by atoms with E-state index in [2.05, 4.69) is 13.8 Å². The Morgan fingerprint density at radius 2 is 1.03 bits per heavy atom. The normalized spacial score (nSPS) is 13.3. The Bertz CT molecular complexity index is 431. The number of alkyl halides is 1. The van der Waals surface area contributed by atoms with Crippen LogP contribution in [0.4, 0.5) is 4.39 Å². The van der Waals surface area contributed by atoms with Gasteiger partial charge < -0.3 is 5.11 Å². The molecule has 2 nitrogen and oxygen atoms in total. The van der Waals surface area contributed by atoms with E-state index in [1.165, 1.54) is 83.5 Å². The molecule has 0 aromatic carbocycles. The van der Waals surface area contributed by atoms with Crippen LogP contribution in [0.25, 0.3) is 0 Å². The molecule has 0 saturated heterocycles. The number of carboxylic acid groups (broad SMARTS) is 1. The molecular formula is C27H51FO2. The molecule has 0 spiro atoms. The van der Waals surface area contributed by atoms with E-state index in [0.29, 0.717) is 18.4 Å². The van der Waals surface area contributed by atoms with Gasteiger partial charge in [-0.3, -0.25) is 0 Å². The molecule has 0 aromatic heterocycles. The topological polar surface area (TPSA) is 37.3 Å². The molecule has 0 saturated carbocycles. The van der Waals surface area contributed by atoms with Crippen LogP contribution in [0.3, 0.4) is 0 Å². The molecule has 0 bridgehead atoms. The number of hydrogen-bond donors (Lipinski definition) is 1. The van der Waals surface area contributed by atoms with Crippen molar-refractivity contribution in [3.8, 4) is 0 Å². The van der Waals surface area contributed by atoms with Gasteiger partial charge in [0.1, 0.15) is 6.17 Å². The van der Waals surface area contributed by atoms with Crippen LogP contribution in [0.1, 0.15) is 149 Å². The van der Waals surface area contributed by atoms with Crippen molar-refractivity contribution in [2.24, 2.45) is 0 Å². The second-order valence-electron chi connectivity index (χ2n) is 9.12. The summed E-state index contributed by atoms with van der Waals surface area (Å²) in [5.41, 5.74) is 0.774. The number of halogens is 1. The van der Waals surface area contributed by atoms with Gasteiger partial charge in [-0.15, -0.1) is 0 Å². The molecule has 0 heterocycles. The monoisotopic (exact) mass is 426 g/mol. The highest BCUT2D eigenvalue weighted by molar-refractivity contribution is 5.87. The second kappa shape index (κ2) is 21.4. The molecule has 0 aliphatic heterocycles. The Balaban J connectivity index is 3.91. The average molecular weight is 427 g/mol. The Morgan fingerprint density at radius 1 is 0.667 bits per heavy atom. The van der Waals surface area contributed by atoms with E-state index in [1.807, 2.05) is 0 Å². The first-order valence-electron chi connectivity index (χ1n) is 13.1. The first-order valence-corrected chi connectivity index (χ1v) is 13.1. The van der Waals surface area contributed by atoms with Crippen LogP contribution in [-0.2, 0) is 4.79 Å². The minimum absolute atomic E-state index is 0.231. The summed E-state index contributed by atoms with van der Waals surface area (Å²) in [6.07, 6.45) is 22.1. The zero-order chi connectivity index (χ0) is 22.5. The summed E-state index contributed by atoms with van der Waals surface area (Å²) < 4.78 is 14.7. The largest absolute Gasteiger partial charge is 0.478 e. The number of aliphatic carboxylic acids is 1. The lowest BCUT2D eigenvalue weighted by Crippen LogP contribution is -2.12. The third-order valence-electron chi connectivity index (χ3n) is 6.29. The van der Waals surface area contributed by atoms with Crippen LogP contribution in [-0.4, -0.2) is 17.2 Å². The van der Waals surface area contributed by atoms with Gasteiger partial charge in [0.2, 0.25) is 0 Å². The third kappa shape index (κ3) is 16.9. The number of carboxylic acids is 1. The lowest BCUT2D eigenvalue weighted by atomic mass is 9.94. The molecule has 0 rings (SSSR count). The van der Waals surface area contributed by atoms with E-state index in [9.17, 15) is 14.3 Å². The quantitative estimate of drug-likeness (QED) is 0.138. The molecule has 0 fully saturated rings. The first kappa shape index (κ1) is 29.1. The smallest absolute Gasteiger partial charge is 0.331 e. The summed E-state index contributed by atoms with van der Waals surface area (Å²) in [6, 6.07) is 0. The van der Waals surface area contributed by atoms with Crippen molar-refractivity contribution in [3.63, 3.8) is 0 Å². The molecule has 1 N–H and O–H groups in total. The number of hydrogen-bond acceptors (Lipinski definition) is 1. The predicted octanol–water partition coefficient (Wildman–Crippen LogP) is 9.57. The van der Waals surface area contributed by atoms with Crippen molar-refractivity contribution in [2.75, 3.05) is 0 Å². The van der Waals surface area contributed by atoms with Crippen molar-refractivity contribution in [1.29, 1.82) is 0 Å². The van der Waals surface area contributed by atoms with Gasteiger partial charge in [-0.2, -0.15) is 0 Å². The van der Waals surface area contributed by atoms with E-state index in [-0.39, 0.29) is 5.57 Å². The molecule has 0 aromatic rings. The number of carbonyl (C=O) groups is 1. The minimum Gasteiger partial charge on any atom is -0.478 e. The standard InChI is InChI=1S/C27H51FO2/c1-4-6-8-10-11-12-13-14-15-16-17-19-20-22-25(24(3)27(29)30)26(28)23-21-18-9-7-5-2/h26H,4-23H2,1-3H3,(H,29,30)/b25-24-. The molecule has 30 heavy (non-hydrogen) atoms. The zero-order valence-corrected chi connectivity index (χ0v) is 20.5. The molecular weight excluding hydrogens is 375 g/mol. The van der Waals surface area contributed by atoms with E-state index in [1.54, 1.807) is 6.92 Å². The van der Waals surface area contributed by atoms with Gasteiger partial charge in [0.25, 0.3) is 0 Å². The average Bonchev–Trinajstić information content (AvgIpc) is 2.73. The van der Waals surface area contributed by atoms with Gasteiger partial charge >= 0.3 is 5.97 Å². The highest BCUT2D eigenvalue weighted by Gasteiger charge is 2.18. The molecule has 1 unspecified atom stereocenters. The van der Waals surface area contributed by atoms with Gasteiger partial charge in [-0.1, -0.05) is 123 Å². The number of allylic oxidation sites excluding steroid dienone is 1. The molecule has 0 aliphatic carbocycles. The van der Waals surface area contributed by atoms with Crippen LogP contribution in [0, 0.1) is 0 Å². The molecule has 0 aliphatic rings. The highest BCUT2D eigenvalue weighted by Crippen LogP contribution is 2.25. The van der Waals surface area contributed by atoms with Crippen LogP contribution < -0.4 is 0 Å². The van der Waals surface area contributed by atoms with E-state index in [0.717, 1.165) is 32.1 Å². The van der Waals surface area contributed by atoms with Crippen molar-refractivity contribution in [3.05, 3.63) is 11.1 Å². The van der Waals surface area contributed by atoms with E-state index >= 15 is 0 Å². The van der Waals surface area contributed by atoms with Gasteiger partial charge in [-0.05, 0) is 31.8 Å². The minimum atomic E-state index is -1.08. The first-order chi connectivity index (χ1) is 14.5. The zero-order valence-electron chi connectivity index (χ0n) is 20.5. The Kier molecular flexibility index (Phi) is 20.8. The molecule has 0 amide bonds. The summed E-state index contributed by atoms with van der Waals surface area (Å²) in [5, 5.41) is 9.32. The van der Waals surface area contributed by atoms with Crippen LogP contribution in [0.2, 0.25) is 0 Å². The van der Waals surface area contributed by atoms with Crippen LogP contribution >= 0.6 is 0 Å². The molecule has 0 radical (unpaired) electrons. The highest BCUT2D eigenvalue weighted by atomic mass is 19.1. The molecule has 1 atom stereocenters. The lowest BCUT2D eigenvalue weighted by molar-refractivity contribution is -0.132. The van der Waals surface area contributed by atoms with Crippen molar-refractivity contribution < 1.29 is 14.3 Å². The Labute approximate surface area is 187 Å². The summed E-state index contributed by atoms with van der Waals surface area (Å²) >= 11 is 0. The summed E-state index contributed by atoms with van der Waals surface area (Å²) in [7, 11) is 0. The van der Waals surface area contributed by atoms with Gasteiger partial charge in [-0.25, -0.2) is 9.18 Å². The third-order valence-corrected chi connectivity index (χ3v) is 6.29. The van der Waals surface area contributed by atoms with E-state index < -0.39 is 12.1 Å².